The monoisotopic (exact) mass is 276 g/mol. The largest absolute Gasteiger partial charge is 0.478 e. The quantitative estimate of drug-likeness (QED) is 0.891. The van der Waals surface area contributed by atoms with Crippen LogP contribution in [-0.4, -0.2) is 35.1 Å². The highest BCUT2D eigenvalue weighted by atomic mass is 16.4. The minimum absolute atomic E-state index is 0.175. The number of carboxylic acids is 1. The van der Waals surface area contributed by atoms with E-state index in [1.165, 1.54) is 12.1 Å². The van der Waals surface area contributed by atoms with E-state index in [4.69, 9.17) is 5.11 Å². The second-order valence-corrected chi connectivity index (χ2v) is 5.31. The molecule has 2 rings (SSSR count). The third-order valence-electron chi connectivity index (χ3n) is 3.92. The van der Waals surface area contributed by atoms with Gasteiger partial charge in [-0.05, 0) is 37.5 Å². The SMILES string of the molecule is Cc1ccc(C(=O)O)cc1NC(=O)N(C)C1CCCC1. The maximum atomic E-state index is 12.2. The van der Waals surface area contributed by atoms with Gasteiger partial charge in [0.25, 0.3) is 0 Å². The Morgan fingerprint density at radius 1 is 1.30 bits per heavy atom. The van der Waals surface area contributed by atoms with Gasteiger partial charge in [-0.2, -0.15) is 0 Å². The Kier molecular flexibility index (Phi) is 4.27. The highest BCUT2D eigenvalue weighted by molar-refractivity contribution is 5.94. The zero-order valence-corrected chi connectivity index (χ0v) is 11.8. The van der Waals surface area contributed by atoms with Crippen molar-refractivity contribution in [3.05, 3.63) is 29.3 Å². The summed E-state index contributed by atoms with van der Waals surface area (Å²) in [5, 5.41) is 11.8. The number of rotatable bonds is 3. The highest BCUT2D eigenvalue weighted by Gasteiger charge is 2.23. The number of aromatic carboxylic acids is 1. The summed E-state index contributed by atoms with van der Waals surface area (Å²) in [6.07, 6.45) is 4.40. The van der Waals surface area contributed by atoms with Crippen LogP contribution >= 0.6 is 0 Å². The smallest absolute Gasteiger partial charge is 0.335 e. The van der Waals surface area contributed by atoms with E-state index in [0.717, 1.165) is 31.2 Å². The zero-order chi connectivity index (χ0) is 14.7. The van der Waals surface area contributed by atoms with Crippen molar-refractivity contribution >= 4 is 17.7 Å². The number of nitrogens with one attached hydrogen (secondary N) is 1. The maximum Gasteiger partial charge on any atom is 0.335 e. The Hall–Kier alpha value is -2.04. The molecule has 108 valence electrons. The molecule has 2 amide bonds. The summed E-state index contributed by atoms with van der Waals surface area (Å²) < 4.78 is 0. The van der Waals surface area contributed by atoms with Gasteiger partial charge in [-0.1, -0.05) is 18.9 Å². The fraction of sp³-hybridized carbons (Fsp3) is 0.467. The van der Waals surface area contributed by atoms with Crippen molar-refractivity contribution in [3.8, 4) is 0 Å². The minimum atomic E-state index is -0.996. The third kappa shape index (κ3) is 3.10. The predicted octanol–water partition coefficient (Wildman–Crippen LogP) is 3.10. The Morgan fingerprint density at radius 3 is 2.55 bits per heavy atom. The molecule has 0 aliphatic heterocycles. The lowest BCUT2D eigenvalue weighted by Crippen LogP contribution is -2.38. The van der Waals surface area contributed by atoms with Crippen LogP contribution in [0.1, 0.15) is 41.6 Å². The second-order valence-electron chi connectivity index (χ2n) is 5.31. The molecule has 0 bridgehead atoms. The normalized spacial score (nSPS) is 15.1. The van der Waals surface area contributed by atoms with E-state index in [0.29, 0.717) is 5.69 Å². The molecule has 5 heteroatoms. The molecule has 1 saturated carbocycles. The molecule has 0 radical (unpaired) electrons. The number of anilines is 1. The summed E-state index contributed by atoms with van der Waals surface area (Å²) in [6, 6.07) is 4.85. The van der Waals surface area contributed by atoms with Crippen molar-refractivity contribution in [1.29, 1.82) is 0 Å². The molecule has 0 heterocycles. The van der Waals surface area contributed by atoms with Crippen LogP contribution in [0.15, 0.2) is 18.2 Å². The van der Waals surface area contributed by atoms with Crippen LogP contribution in [0.2, 0.25) is 0 Å². The Bertz CT molecular complexity index is 522. The molecule has 0 atom stereocenters. The molecule has 1 aromatic carbocycles. The number of urea groups is 1. The molecule has 0 saturated heterocycles. The summed E-state index contributed by atoms with van der Waals surface area (Å²) in [6.45, 7) is 1.84. The summed E-state index contributed by atoms with van der Waals surface area (Å²) in [5.41, 5.74) is 1.58. The number of nitrogens with zero attached hydrogens (tertiary/aromatic N) is 1. The number of benzene rings is 1. The first-order valence-corrected chi connectivity index (χ1v) is 6.87. The zero-order valence-electron chi connectivity index (χ0n) is 11.8. The van der Waals surface area contributed by atoms with Gasteiger partial charge in [-0.15, -0.1) is 0 Å². The Labute approximate surface area is 118 Å². The van der Waals surface area contributed by atoms with E-state index in [2.05, 4.69) is 5.32 Å². The lowest BCUT2D eigenvalue weighted by Gasteiger charge is -2.25. The average Bonchev–Trinajstić information content (AvgIpc) is 2.94. The fourth-order valence-electron chi connectivity index (χ4n) is 2.55. The van der Waals surface area contributed by atoms with Gasteiger partial charge in [0.05, 0.1) is 5.56 Å². The number of hydrogen-bond acceptors (Lipinski definition) is 2. The van der Waals surface area contributed by atoms with E-state index >= 15 is 0 Å². The van der Waals surface area contributed by atoms with Gasteiger partial charge < -0.3 is 15.3 Å². The van der Waals surface area contributed by atoms with Crippen molar-refractivity contribution in [2.75, 3.05) is 12.4 Å². The van der Waals surface area contributed by atoms with Gasteiger partial charge in [0.15, 0.2) is 0 Å². The third-order valence-corrected chi connectivity index (χ3v) is 3.92. The first-order valence-electron chi connectivity index (χ1n) is 6.87. The molecule has 1 aromatic rings. The lowest BCUT2D eigenvalue weighted by atomic mass is 10.1. The second kappa shape index (κ2) is 5.94. The van der Waals surface area contributed by atoms with Crippen molar-refractivity contribution in [2.24, 2.45) is 0 Å². The first kappa shape index (κ1) is 14.4. The van der Waals surface area contributed by atoms with Crippen LogP contribution in [0, 0.1) is 6.92 Å². The topological polar surface area (TPSA) is 69.6 Å². The molecule has 2 N–H and O–H groups in total. The number of aryl methyl sites for hydroxylation is 1. The molecule has 20 heavy (non-hydrogen) atoms. The maximum absolute atomic E-state index is 12.2. The molecule has 1 aliphatic carbocycles. The minimum Gasteiger partial charge on any atom is -0.478 e. The number of carbonyl (C=O) groups is 2. The lowest BCUT2D eigenvalue weighted by molar-refractivity contribution is 0.0697. The standard InChI is InChI=1S/C15H20N2O3/c1-10-7-8-11(14(18)19)9-13(10)16-15(20)17(2)12-5-3-4-6-12/h7-9,12H,3-6H2,1-2H3,(H,16,20)(H,18,19). The highest BCUT2D eigenvalue weighted by Crippen LogP contribution is 2.24. The van der Waals surface area contributed by atoms with E-state index in [9.17, 15) is 9.59 Å². The van der Waals surface area contributed by atoms with Crippen LogP contribution in [0.4, 0.5) is 10.5 Å². The van der Waals surface area contributed by atoms with Gasteiger partial charge in [0, 0.05) is 18.8 Å². The molecule has 0 unspecified atom stereocenters. The summed E-state index contributed by atoms with van der Waals surface area (Å²) in [7, 11) is 1.79. The molecular weight excluding hydrogens is 256 g/mol. The van der Waals surface area contributed by atoms with Crippen LogP contribution in [0.25, 0.3) is 0 Å². The van der Waals surface area contributed by atoms with Crippen LogP contribution < -0.4 is 5.32 Å². The summed E-state index contributed by atoms with van der Waals surface area (Å²) >= 11 is 0. The molecule has 0 aromatic heterocycles. The average molecular weight is 276 g/mol. The molecule has 5 nitrogen and oxygen atoms in total. The van der Waals surface area contributed by atoms with Gasteiger partial charge >= 0.3 is 12.0 Å². The number of amides is 2. The van der Waals surface area contributed by atoms with E-state index in [-0.39, 0.29) is 17.6 Å². The number of carbonyl (C=O) groups excluding carboxylic acids is 1. The number of hydrogen-bond donors (Lipinski definition) is 2. The molecule has 1 aliphatic rings. The summed E-state index contributed by atoms with van der Waals surface area (Å²) in [4.78, 5) is 24.9. The first-order chi connectivity index (χ1) is 9.49. The van der Waals surface area contributed by atoms with E-state index in [1.54, 1.807) is 18.0 Å². The summed E-state index contributed by atoms with van der Waals surface area (Å²) in [5.74, 6) is -0.996. The molecular formula is C15H20N2O3. The van der Waals surface area contributed by atoms with Gasteiger partial charge in [-0.3, -0.25) is 0 Å². The van der Waals surface area contributed by atoms with E-state index < -0.39 is 5.97 Å². The molecule has 0 spiro atoms. The Morgan fingerprint density at radius 2 is 1.95 bits per heavy atom. The fourth-order valence-corrected chi connectivity index (χ4v) is 2.55. The van der Waals surface area contributed by atoms with Gasteiger partial charge in [0.1, 0.15) is 0 Å². The number of carboxylic acid groups (broad SMARTS) is 1. The van der Waals surface area contributed by atoms with Gasteiger partial charge in [-0.25, -0.2) is 9.59 Å². The van der Waals surface area contributed by atoms with Crippen LogP contribution in [0.3, 0.4) is 0 Å². The van der Waals surface area contributed by atoms with Gasteiger partial charge in [0.2, 0.25) is 0 Å². The van der Waals surface area contributed by atoms with E-state index in [1.807, 2.05) is 6.92 Å². The predicted molar refractivity (Wildman–Crippen MR) is 77.2 cm³/mol. The van der Waals surface area contributed by atoms with Crippen LogP contribution in [-0.2, 0) is 0 Å². The Balaban J connectivity index is 2.10. The van der Waals surface area contributed by atoms with Crippen LogP contribution in [0.5, 0.6) is 0 Å². The van der Waals surface area contributed by atoms with Crippen molar-refractivity contribution < 1.29 is 14.7 Å². The molecule has 1 fully saturated rings. The van der Waals surface area contributed by atoms with Crippen molar-refractivity contribution in [1.82, 2.24) is 4.90 Å². The van der Waals surface area contributed by atoms with Crippen molar-refractivity contribution in [2.45, 2.75) is 38.6 Å². The van der Waals surface area contributed by atoms with Crippen molar-refractivity contribution in [3.63, 3.8) is 0 Å².